The van der Waals surface area contributed by atoms with Gasteiger partial charge < -0.3 is 4.90 Å². The van der Waals surface area contributed by atoms with Crippen LogP contribution in [0.15, 0.2) is 66.7 Å². The molecule has 4 nitrogen and oxygen atoms in total. The summed E-state index contributed by atoms with van der Waals surface area (Å²) in [6.45, 7) is 4.59. The van der Waals surface area contributed by atoms with Gasteiger partial charge in [0.15, 0.2) is 0 Å². The zero-order valence-electron chi connectivity index (χ0n) is 18.1. The molecule has 0 amide bonds. The van der Waals surface area contributed by atoms with E-state index >= 15 is 0 Å². The van der Waals surface area contributed by atoms with E-state index in [1.807, 2.05) is 0 Å². The predicted molar refractivity (Wildman–Crippen MR) is 122 cm³/mol. The van der Waals surface area contributed by atoms with Gasteiger partial charge in [-0.2, -0.15) is 5.10 Å². The predicted octanol–water partition coefficient (Wildman–Crippen LogP) is 4.40. The molecule has 3 fully saturated rings. The lowest BCUT2D eigenvalue weighted by atomic mass is 9.74. The summed E-state index contributed by atoms with van der Waals surface area (Å²) in [4.78, 5) is 5.23. The van der Waals surface area contributed by atoms with Crippen molar-refractivity contribution in [2.75, 3.05) is 26.7 Å². The highest BCUT2D eigenvalue weighted by molar-refractivity contribution is 5.59. The fraction of sp³-hybridized carbons (Fsp3) is 0.423. The maximum atomic E-state index is 4.84. The van der Waals surface area contributed by atoms with Gasteiger partial charge in [-0.1, -0.05) is 60.7 Å². The first-order chi connectivity index (χ1) is 14.7. The number of fused-ring (bicyclic) bond motifs is 3. The molecule has 3 aromatic rings. The van der Waals surface area contributed by atoms with Crippen LogP contribution in [0.25, 0.3) is 11.3 Å². The molecule has 0 radical (unpaired) electrons. The summed E-state index contributed by atoms with van der Waals surface area (Å²) in [5.41, 5.74) is 5.11. The third kappa shape index (κ3) is 3.94. The second kappa shape index (κ2) is 8.37. The second-order valence-corrected chi connectivity index (χ2v) is 9.17. The third-order valence-electron chi connectivity index (χ3n) is 7.06. The van der Waals surface area contributed by atoms with Gasteiger partial charge in [0.2, 0.25) is 0 Å². The number of aryl methyl sites for hydroxylation is 1. The lowest BCUT2D eigenvalue weighted by Crippen LogP contribution is -2.55. The van der Waals surface area contributed by atoms with E-state index in [1.54, 1.807) is 0 Å². The average Bonchev–Trinajstić information content (AvgIpc) is 3.17. The van der Waals surface area contributed by atoms with Crippen LogP contribution >= 0.6 is 0 Å². The maximum Gasteiger partial charge on any atom is 0.0926 e. The van der Waals surface area contributed by atoms with Gasteiger partial charge in [-0.15, -0.1) is 0 Å². The second-order valence-electron chi connectivity index (χ2n) is 9.17. The van der Waals surface area contributed by atoms with Crippen LogP contribution in [-0.4, -0.2) is 52.3 Å². The number of aromatic nitrogens is 2. The Morgan fingerprint density at radius 2 is 1.77 bits per heavy atom. The molecule has 2 aromatic carbocycles. The first-order valence-corrected chi connectivity index (χ1v) is 11.2. The van der Waals surface area contributed by atoms with Crippen molar-refractivity contribution in [3.8, 4) is 11.3 Å². The van der Waals surface area contributed by atoms with Crippen LogP contribution < -0.4 is 0 Å². The number of nitrogens with zero attached hydrogens (tertiary/aromatic N) is 4. The average molecular weight is 401 g/mol. The van der Waals surface area contributed by atoms with Crippen LogP contribution in [-0.2, 0) is 13.6 Å². The Morgan fingerprint density at radius 3 is 2.47 bits per heavy atom. The van der Waals surface area contributed by atoms with E-state index in [-0.39, 0.29) is 0 Å². The quantitative estimate of drug-likeness (QED) is 0.613. The van der Waals surface area contributed by atoms with E-state index in [4.69, 9.17) is 5.10 Å². The molecule has 0 spiro atoms. The molecule has 2 bridgehead atoms. The number of hydrogen-bond donors (Lipinski definition) is 0. The molecule has 0 N–H and O–H groups in total. The van der Waals surface area contributed by atoms with Gasteiger partial charge in [0, 0.05) is 49.9 Å². The topological polar surface area (TPSA) is 24.3 Å². The van der Waals surface area contributed by atoms with Gasteiger partial charge in [-0.05, 0) is 44.0 Å². The van der Waals surface area contributed by atoms with Crippen LogP contribution in [0.3, 0.4) is 0 Å². The Morgan fingerprint density at radius 1 is 1.03 bits per heavy atom. The molecule has 4 heteroatoms. The summed E-state index contributed by atoms with van der Waals surface area (Å²) in [7, 11) is 4.38. The zero-order valence-corrected chi connectivity index (χ0v) is 18.1. The van der Waals surface area contributed by atoms with E-state index in [0.29, 0.717) is 12.0 Å². The summed E-state index contributed by atoms with van der Waals surface area (Å²) in [5.74, 6) is 1.37. The van der Waals surface area contributed by atoms with Gasteiger partial charge in [0.05, 0.1) is 5.69 Å². The van der Waals surface area contributed by atoms with Crippen LogP contribution in [0, 0.1) is 5.92 Å². The Kier molecular flexibility index (Phi) is 5.45. The maximum absolute atomic E-state index is 4.84. The number of hydrogen-bond acceptors (Lipinski definition) is 3. The fourth-order valence-corrected chi connectivity index (χ4v) is 5.56. The standard InChI is InChI=1S/C26H32N4/c1-28(17-20-9-5-3-6-10-20)18-23-15-22-13-14-30(23)19-24(22)26-16-25(27-29(26)2)21-11-7-4-8-12-21/h3-12,16,22-24H,13-15,17-19H2,1-2H3/t22-,23+,24-/m0/s1. The van der Waals surface area contributed by atoms with E-state index in [9.17, 15) is 0 Å². The molecular formula is C26H32N4. The van der Waals surface area contributed by atoms with Crippen LogP contribution in [0.1, 0.15) is 30.0 Å². The van der Waals surface area contributed by atoms with Crippen molar-refractivity contribution in [3.63, 3.8) is 0 Å². The molecule has 3 aliphatic rings. The van der Waals surface area contributed by atoms with E-state index in [2.05, 4.69) is 95.3 Å². The molecule has 0 aliphatic carbocycles. The molecule has 3 aliphatic heterocycles. The zero-order chi connectivity index (χ0) is 20.5. The minimum absolute atomic E-state index is 0.601. The van der Waals surface area contributed by atoms with Gasteiger partial charge in [-0.25, -0.2) is 0 Å². The number of benzene rings is 2. The Labute approximate surface area is 180 Å². The van der Waals surface area contributed by atoms with Crippen LogP contribution in [0.5, 0.6) is 0 Å². The molecule has 156 valence electrons. The van der Waals surface area contributed by atoms with Crippen molar-refractivity contribution in [3.05, 3.63) is 78.0 Å². The summed E-state index contributed by atoms with van der Waals surface area (Å²) in [5, 5.41) is 4.84. The Bertz CT molecular complexity index is 965. The molecule has 1 unspecified atom stereocenters. The lowest BCUT2D eigenvalue weighted by molar-refractivity contribution is 0.0129. The molecule has 3 saturated heterocycles. The van der Waals surface area contributed by atoms with Gasteiger partial charge in [0.1, 0.15) is 0 Å². The molecule has 0 saturated carbocycles. The van der Waals surface area contributed by atoms with Gasteiger partial charge in [-0.3, -0.25) is 9.58 Å². The molecule has 1 aromatic heterocycles. The van der Waals surface area contributed by atoms with Crippen molar-refractivity contribution in [1.82, 2.24) is 19.6 Å². The van der Waals surface area contributed by atoms with E-state index in [0.717, 1.165) is 24.7 Å². The van der Waals surface area contributed by atoms with Crippen molar-refractivity contribution >= 4 is 0 Å². The highest BCUT2D eigenvalue weighted by atomic mass is 15.3. The number of rotatable bonds is 6. The fourth-order valence-electron chi connectivity index (χ4n) is 5.56. The third-order valence-corrected chi connectivity index (χ3v) is 7.06. The van der Waals surface area contributed by atoms with Crippen LogP contribution in [0.4, 0.5) is 0 Å². The molecular weight excluding hydrogens is 368 g/mol. The monoisotopic (exact) mass is 400 g/mol. The summed E-state index contributed by atoms with van der Waals surface area (Å²) >= 11 is 0. The first-order valence-electron chi connectivity index (χ1n) is 11.2. The minimum Gasteiger partial charge on any atom is -0.301 e. The van der Waals surface area contributed by atoms with Crippen molar-refractivity contribution < 1.29 is 0 Å². The summed E-state index contributed by atoms with van der Waals surface area (Å²) in [6.07, 6.45) is 2.62. The molecule has 6 rings (SSSR count). The summed E-state index contributed by atoms with van der Waals surface area (Å²) < 4.78 is 2.13. The summed E-state index contributed by atoms with van der Waals surface area (Å²) in [6, 6.07) is 24.4. The van der Waals surface area contributed by atoms with E-state index in [1.165, 1.54) is 42.8 Å². The SMILES string of the molecule is CN(Cc1ccccc1)C[C@H]1C[C@@H]2CCN1C[C@@H]2c1cc(-c2ccccc2)nn1C. The smallest absolute Gasteiger partial charge is 0.0926 e. The van der Waals surface area contributed by atoms with Gasteiger partial charge in [0.25, 0.3) is 0 Å². The van der Waals surface area contributed by atoms with Gasteiger partial charge >= 0.3 is 0 Å². The molecule has 4 atom stereocenters. The van der Waals surface area contributed by atoms with E-state index < -0.39 is 0 Å². The lowest BCUT2D eigenvalue weighted by Gasteiger charge is -2.50. The van der Waals surface area contributed by atoms with Crippen LogP contribution in [0.2, 0.25) is 0 Å². The normalized spacial score (nSPS) is 25.7. The van der Waals surface area contributed by atoms with Crippen molar-refractivity contribution in [2.24, 2.45) is 13.0 Å². The molecule has 30 heavy (non-hydrogen) atoms. The molecule has 4 heterocycles. The Hall–Kier alpha value is -2.43. The highest BCUT2D eigenvalue weighted by Gasteiger charge is 2.42. The van der Waals surface area contributed by atoms with Crippen molar-refractivity contribution in [1.29, 1.82) is 0 Å². The number of piperidine rings is 3. The highest BCUT2D eigenvalue weighted by Crippen LogP contribution is 2.42. The first kappa shape index (κ1) is 19.5. The minimum atomic E-state index is 0.601. The largest absolute Gasteiger partial charge is 0.301 e. The Balaban J connectivity index is 1.26. The van der Waals surface area contributed by atoms with Crippen molar-refractivity contribution in [2.45, 2.75) is 31.3 Å². The number of likely N-dealkylation sites (N-methyl/N-ethyl adjacent to an activating group) is 1.